The first-order valence-electron chi connectivity index (χ1n) is 9.17. The molecule has 2 aromatic heterocycles. The maximum atomic E-state index is 4.63. The molecule has 0 spiro atoms. The van der Waals surface area contributed by atoms with Crippen LogP contribution in [0.1, 0.15) is 0 Å². The molecule has 0 N–H and O–H groups in total. The molecule has 0 saturated heterocycles. The molecule has 0 fully saturated rings. The second-order valence-corrected chi connectivity index (χ2v) is 6.88. The van der Waals surface area contributed by atoms with Crippen LogP contribution in [0, 0.1) is 0 Å². The molecule has 0 aliphatic carbocycles. The second kappa shape index (κ2) is 5.42. The Bertz CT molecular complexity index is 1460. The number of rotatable bonds is 1. The molecule has 0 aliphatic rings. The summed E-state index contributed by atoms with van der Waals surface area (Å²) in [4.78, 5) is 4.63. The molecule has 126 valence electrons. The van der Waals surface area contributed by atoms with E-state index in [9.17, 15) is 0 Å². The van der Waals surface area contributed by atoms with Crippen molar-refractivity contribution in [1.82, 2.24) is 9.55 Å². The van der Waals surface area contributed by atoms with Crippen LogP contribution in [0.5, 0.6) is 0 Å². The van der Waals surface area contributed by atoms with Gasteiger partial charge in [0.15, 0.2) is 0 Å². The fourth-order valence-electron chi connectivity index (χ4n) is 4.29. The lowest BCUT2D eigenvalue weighted by molar-refractivity contribution is 1.08. The first kappa shape index (κ1) is 14.5. The highest BCUT2D eigenvalue weighted by atomic mass is 15.1. The molecule has 2 heteroatoms. The molecular weight excluding hydrogens is 328 g/mol. The van der Waals surface area contributed by atoms with Crippen molar-refractivity contribution in [1.29, 1.82) is 0 Å². The average Bonchev–Trinajstić information content (AvgIpc) is 3.08. The lowest BCUT2D eigenvalue weighted by Crippen LogP contribution is -1.96. The topological polar surface area (TPSA) is 17.8 Å². The predicted molar refractivity (Wildman–Crippen MR) is 114 cm³/mol. The van der Waals surface area contributed by atoms with E-state index < -0.39 is 0 Å². The zero-order valence-electron chi connectivity index (χ0n) is 14.6. The zero-order chi connectivity index (χ0) is 17.8. The third kappa shape index (κ3) is 1.98. The Hall–Kier alpha value is -3.65. The van der Waals surface area contributed by atoms with Crippen molar-refractivity contribution in [3.63, 3.8) is 0 Å². The smallest absolute Gasteiger partial charge is 0.137 e. The molecule has 4 aromatic carbocycles. The number of benzene rings is 4. The van der Waals surface area contributed by atoms with Gasteiger partial charge < -0.3 is 0 Å². The van der Waals surface area contributed by atoms with Gasteiger partial charge in [-0.25, -0.2) is 4.98 Å². The first-order chi connectivity index (χ1) is 13.4. The second-order valence-electron chi connectivity index (χ2n) is 6.88. The van der Waals surface area contributed by atoms with Gasteiger partial charge in [0.1, 0.15) is 5.82 Å². The minimum Gasteiger partial charge on any atom is -0.294 e. The Kier molecular flexibility index (Phi) is 2.91. The largest absolute Gasteiger partial charge is 0.294 e. The van der Waals surface area contributed by atoms with Crippen molar-refractivity contribution in [3.05, 3.63) is 97.2 Å². The van der Waals surface area contributed by atoms with Crippen LogP contribution in [0.4, 0.5) is 0 Å². The lowest BCUT2D eigenvalue weighted by atomic mass is 9.97. The van der Waals surface area contributed by atoms with Crippen molar-refractivity contribution in [2.75, 3.05) is 0 Å². The van der Waals surface area contributed by atoms with E-state index in [2.05, 4.69) is 88.4 Å². The fraction of sp³-hybridized carbons (Fsp3) is 0. The highest BCUT2D eigenvalue weighted by Gasteiger charge is 2.16. The average molecular weight is 344 g/mol. The van der Waals surface area contributed by atoms with Crippen molar-refractivity contribution < 1.29 is 0 Å². The Morgan fingerprint density at radius 3 is 2.15 bits per heavy atom. The zero-order valence-corrected chi connectivity index (χ0v) is 14.6. The van der Waals surface area contributed by atoms with Gasteiger partial charge in [-0.3, -0.25) is 4.57 Å². The van der Waals surface area contributed by atoms with Crippen LogP contribution in [0.25, 0.3) is 49.2 Å². The Balaban J connectivity index is 1.93. The maximum absolute atomic E-state index is 4.63. The van der Waals surface area contributed by atoms with E-state index in [0.717, 1.165) is 5.82 Å². The lowest BCUT2D eigenvalue weighted by Gasteiger charge is -2.08. The van der Waals surface area contributed by atoms with Gasteiger partial charge in [-0.05, 0) is 45.8 Å². The highest BCUT2D eigenvalue weighted by molar-refractivity contribution is 6.28. The Labute approximate surface area is 156 Å². The van der Waals surface area contributed by atoms with Crippen LogP contribution in [0.2, 0.25) is 0 Å². The van der Waals surface area contributed by atoms with E-state index in [4.69, 9.17) is 0 Å². The van der Waals surface area contributed by atoms with Gasteiger partial charge in [0.25, 0.3) is 0 Å². The molecule has 6 aromatic rings. The van der Waals surface area contributed by atoms with E-state index in [0.29, 0.717) is 0 Å². The summed E-state index contributed by atoms with van der Waals surface area (Å²) in [5.41, 5.74) is 2.38. The summed E-state index contributed by atoms with van der Waals surface area (Å²) in [6, 6.07) is 32.2. The number of hydrogen-bond donors (Lipinski definition) is 0. The van der Waals surface area contributed by atoms with E-state index in [1.165, 1.54) is 43.4 Å². The molecule has 2 heterocycles. The fourth-order valence-corrected chi connectivity index (χ4v) is 4.29. The normalized spacial score (nSPS) is 11.7. The third-order valence-electron chi connectivity index (χ3n) is 5.42. The number of fused-ring (bicyclic) bond motifs is 7. The van der Waals surface area contributed by atoms with Gasteiger partial charge in [0.2, 0.25) is 0 Å². The molecule has 0 radical (unpaired) electrons. The van der Waals surface area contributed by atoms with Gasteiger partial charge in [-0.2, -0.15) is 0 Å². The van der Waals surface area contributed by atoms with Crippen LogP contribution in [0.15, 0.2) is 97.2 Å². The number of aromatic nitrogens is 2. The number of pyridine rings is 1. The Morgan fingerprint density at radius 1 is 0.519 bits per heavy atom. The summed E-state index contributed by atoms with van der Waals surface area (Å²) in [6.45, 7) is 0. The molecule has 27 heavy (non-hydrogen) atoms. The number of hydrogen-bond acceptors (Lipinski definition) is 1. The van der Waals surface area contributed by atoms with Crippen LogP contribution < -0.4 is 0 Å². The molecular formula is C25H16N2. The summed E-state index contributed by atoms with van der Waals surface area (Å²) in [7, 11) is 0. The summed E-state index contributed by atoms with van der Waals surface area (Å²) in [5.74, 6) is 0.947. The van der Waals surface area contributed by atoms with Crippen LogP contribution >= 0.6 is 0 Å². The maximum Gasteiger partial charge on any atom is 0.137 e. The van der Waals surface area contributed by atoms with Crippen molar-refractivity contribution in [3.8, 4) is 5.82 Å². The SMILES string of the molecule is c1ccc(-n2c3ccccc3c3c4c(ccc5ccccc54)ccc32)nc1. The molecule has 0 amide bonds. The van der Waals surface area contributed by atoms with Crippen LogP contribution in [0.3, 0.4) is 0 Å². The molecule has 0 atom stereocenters. The highest BCUT2D eigenvalue weighted by Crippen LogP contribution is 2.39. The Morgan fingerprint density at radius 2 is 1.26 bits per heavy atom. The molecule has 0 bridgehead atoms. The van der Waals surface area contributed by atoms with E-state index >= 15 is 0 Å². The molecule has 0 aliphatic heterocycles. The molecule has 0 saturated carbocycles. The van der Waals surface area contributed by atoms with Crippen molar-refractivity contribution in [2.45, 2.75) is 0 Å². The summed E-state index contributed by atoms with van der Waals surface area (Å²) >= 11 is 0. The van der Waals surface area contributed by atoms with Gasteiger partial charge in [0.05, 0.1) is 11.0 Å². The van der Waals surface area contributed by atoms with Crippen LogP contribution in [-0.2, 0) is 0 Å². The third-order valence-corrected chi connectivity index (χ3v) is 5.42. The standard InChI is InChI=1S/C25H16N2/c1-2-8-19-17(7-1)12-13-18-14-15-22-25(24(18)19)20-9-3-4-10-21(20)27(22)23-11-5-6-16-26-23/h1-16H. The molecule has 2 nitrogen and oxygen atoms in total. The molecule has 6 rings (SSSR count). The minimum atomic E-state index is 0.947. The summed E-state index contributed by atoms with van der Waals surface area (Å²) < 4.78 is 2.27. The van der Waals surface area contributed by atoms with Gasteiger partial charge in [0, 0.05) is 17.0 Å². The number of para-hydroxylation sites is 1. The van der Waals surface area contributed by atoms with Gasteiger partial charge in [-0.1, -0.05) is 66.7 Å². The van der Waals surface area contributed by atoms with Gasteiger partial charge >= 0.3 is 0 Å². The van der Waals surface area contributed by atoms with E-state index in [1.54, 1.807) is 0 Å². The van der Waals surface area contributed by atoms with Crippen molar-refractivity contribution in [2.24, 2.45) is 0 Å². The van der Waals surface area contributed by atoms with Gasteiger partial charge in [-0.15, -0.1) is 0 Å². The summed E-state index contributed by atoms with van der Waals surface area (Å²) in [5, 5.41) is 7.71. The first-order valence-corrected chi connectivity index (χ1v) is 9.17. The quantitative estimate of drug-likeness (QED) is 0.312. The van der Waals surface area contributed by atoms with E-state index in [-0.39, 0.29) is 0 Å². The minimum absolute atomic E-state index is 0.947. The summed E-state index contributed by atoms with van der Waals surface area (Å²) in [6.07, 6.45) is 1.85. The molecule has 0 unspecified atom stereocenters. The van der Waals surface area contributed by atoms with Crippen LogP contribution in [-0.4, -0.2) is 9.55 Å². The van der Waals surface area contributed by atoms with Crippen molar-refractivity contribution >= 4 is 43.4 Å². The monoisotopic (exact) mass is 344 g/mol. The van der Waals surface area contributed by atoms with E-state index in [1.807, 2.05) is 18.3 Å². The predicted octanol–water partition coefficient (Wildman–Crippen LogP) is 6.49. The number of nitrogens with zero attached hydrogens (tertiary/aromatic N) is 2.